The molecule has 3 rings (SSSR count). The van der Waals surface area contributed by atoms with Gasteiger partial charge in [-0.2, -0.15) is 0 Å². The lowest BCUT2D eigenvalue weighted by Crippen LogP contribution is -2.10. The highest BCUT2D eigenvalue weighted by molar-refractivity contribution is 5.49. The number of ether oxygens (including phenoxy) is 2. The molecule has 2 aromatic rings. The van der Waals surface area contributed by atoms with Gasteiger partial charge in [-0.25, -0.2) is 0 Å². The largest absolute Gasteiger partial charge is 0.490 e. The average Bonchev–Trinajstić information content (AvgIpc) is 3.09. The first-order valence-corrected chi connectivity index (χ1v) is 8.01. The topological polar surface area (TPSA) is 30.5 Å². The van der Waals surface area contributed by atoms with E-state index in [1.54, 1.807) is 0 Å². The Morgan fingerprint density at radius 2 is 1.91 bits per heavy atom. The molecule has 22 heavy (non-hydrogen) atoms. The summed E-state index contributed by atoms with van der Waals surface area (Å²) in [7, 11) is 0. The summed E-state index contributed by atoms with van der Waals surface area (Å²) in [4.78, 5) is 0. The minimum Gasteiger partial charge on any atom is -0.490 e. The van der Waals surface area contributed by atoms with Crippen LogP contribution in [-0.2, 0) is 6.61 Å². The maximum Gasteiger partial charge on any atom is 0.165 e. The van der Waals surface area contributed by atoms with Crippen LogP contribution in [0.3, 0.4) is 0 Å². The smallest absolute Gasteiger partial charge is 0.165 e. The lowest BCUT2D eigenvalue weighted by molar-refractivity contribution is 0.265. The molecule has 1 aliphatic rings. The summed E-state index contributed by atoms with van der Waals surface area (Å²) in [6.07, 6.45) is 1.15. The van der Waals surface area contributed by atoms with Crippen LogP contribution in [0.1, 0.15) is 30.4 Å². The molecule has 116 valence electrons. The molecule has 1 heterocycles. The Hall–Kier alpha value is -2.00. The zero-order valence-corrected chi connectivity index (χ0v) is 13.0. The molecule has 3 heteroatoms. The molecular formula is C19H23NO2. The predicted octanol–water partition coefficient (Wildman–Crippen LogP) is 3.74. The van der Waals surface area contributed by atoms with E-state index in [1.807, 2.05) is 31.2 Å². The van der Waals surface area contributed by atoms with Crippen molar-refractivity contribution in [1.29, 1.82) is 0 Å². The van der Waals surface area contributed by atoms with Crippen molar-refractivity contribution < 1.29 is 9.47 Å². The SMILES string of the molecule is CCOc1cccc(C2CCNC2)c1OCc1ccccc1. The molecule has 1 fully saturated rings. The number of benzene rings is 2. The first-order chi connectivity index (χ1) is 10.9. The minimum atomic E-state index is 0.506. The fourth-order valence-electron chi connectivity index (χ4n) is 2.93. The normalized spacial score (nSPS) is 17.4. The van der Waals surface area contributed by atoms with Gasteiger partial charge in [-0.3, -0.25) is 0 Å². The van der Waals surface area contributed by atoms with Crippen LogP contribution in [0.15, 0.2) is 48.5 Å². The molecule has 3 nitrogen and oxygen atoms in total. The van der Waals surface area contributed by atoms with Crippen molar-refractivity contribution in [2.45, 2.75) is 25.9 Å². The van der Waals surface area contributed by atoms with Gasteiger partial charge in [-0.05, 0) is 31.5 Å². The fraction of sp³-hybridized carbons (Fsp3) is 0.368. The first-order valence-electron chi connectivity index (χ1n) is 8.01. The van der Waals surface area contributed by atoms with Gasteiger partial charge in [0, 0.05) is 18.0 Å². The summed E-state index contributed by atoms with van der Waals surface area (Å²) in [5.41, 5.74) is 2.43. The van der Waals surface area contributed by atoms with E-state index in [4.69, 9.17) is 9.47 Å². The van der Waals surface area contributed by atoms with Crippen LogP contribution in [0.25, 0.3) is 0 Å². The molecule has 0 saturated carbocycles. The number of para-hydroxylation sites is 1. The van der Waals surface area contributed by atoms with Crippen LogP contribution < -0.4 is 14.8 Å². The second-order valence-corrected chi connectivity index (χ2v) is 5.57. The van der Waals surface area contributed by atoms with Gasteiger partial charge in [0.15, 0.2) is 11.5 Å². The Bertz CT molecular complexity index is 592. The van der Waals surface area contributed by atoms with Crippen LogP contribution in [-0.4, -0.2) is 19.7 Å². The number of hydrogen-bond acceptors (Lipinski definition) is 3. The van der Waals surface area contributed by atoms with Crippen molar-refractivity contribution >= 4 is 0 Å². The van der Waals surface area contributed by atoms with E-state index in [0.29, 0.717) is 19.1 Å². The average molecular weight is 297 g/mol. The quantitative estimate of drug-likeness (QED) is 0.881. The predicted molar refractivity (Wildman–Crippen MR) is 88.6 cm³/mol. The molecule has 0 bridgehead atoms. The number of rotatable bonds is 6. The Morgan fingerprint density at radius 3 is 2.64 bits per heavy atom. The molecule has 0 spiro atoms. The Morgan fingerprint density at radius 1 is 1.05 bits per heavy atom. The van der Waals surface area contributed by atoms with Crippen molar-refractivity contribution in [2.24, 2.45) is 0 Å². The third-order valence-corrected chi connectivity index (χ3v) is 4.04. The summed E-state index contributed by atoms with van der Waals surface area (Å²) in [5.74, 6) is 2.26. The van der Waals surface area contributed by atoms with E-state index in [9.17, 15) is 0 Å². The van der Waals surface area contributed by atoms with E-state index in [1.165, 1.54) is 11.1 Å². The molecule has 1 atom stereocenters. The van der Waals surface area contributed by atoms with Gasteiger partial charge < -0.3 is 14.8 Å². The Kier molecular flexibility index (Phi) is 4.96. The molecule has 1 saturated heterocycles. The van der Waals surface area contributed by atoms with Gasteiger partial charge in [0.25, 0.3) is 0 Å². The number of hydrogen-bond donors (Lipinski definition) is 1. The monoisotopic (exact) mass is 297 g/mol. The van der Waals surface area contributed by atoms with Gasteiger partial charge in [0.1, 0.15) is 6.61 Å². The molecular weight excluding hydrogens is 274 g/mol. The summed E-state index contributed by atoms with van der Waals surface area (Å²) < 4.78 is 11.9. The lowest BCUT2D eigenvalue weighted by Gasteiger charge is -2.19. The molecule has 1 aliphatic heterocycles. The molecule has 0 aromatic heterocycles. The highest BCUT2D eigenvalue weighted by Crippen LogP contribution is 2.38. The second kappa shape index (κ2) is 7.32. The fourth-order valence-corrected chi connectivity index (χ4v) is 2.93. The maximum absolute atomic E-state index is 6.17. The van der Waals surface area contributed by atoms with Crippen molar-refractivity contribution in [3.05, 3.63) is 59.7 Å². The molecule has 0 radical (unpaired) electrons. The molecule has 0 aliphatic carbocycles. The number of nitrogens with one attached hydrogen (secondary N) is 1. The zero-order chi connectivity index (χ0) is 15.2. The van der Waals surface area contributed by atoms with Crippen molar-refractivity contribution in [3.63, 3.8) is 0 Å². The lowest BCUT2D eigenvalue weighted by atomic mass is 9.97. The third-order valence-electron chi connectivity index (χ3n) is 4.04. The highest BCUT2D eigenvalue weighted by Gasteiger charge is 2.22. The summed E-state index contributed by atoms with van der Waals surface area (Å²) in [5, 5.41) is 3.43. The van der Waals surface area contributed by atoms with E-state index in [-0.39, 0.29) is 0 Å². The third kappa shape index (κ3) is 3.42. The van der Waals surface area contributed by atoms with E-state index in [2.05, 4.69) is 29.6 Å². The van der Waals surface area contributed by atoms with Crippen LogP contribution in [0.2, 0.25) is 0 Å². The van der Waals surface area contributed by atoms with E-state index in [0.717, 1.165) is 31.0 Å². The Labute approximate surface area is 132 Å². The second-order valence-electron chi connectivity index (χ2n) is 5.57. The zero-order valence-electron chi connectivity index (χ0n) is 13.0. The molecule has 2 aromatic carbocycles. The van der Waals surface area contributed by atoms with Crippen molar-refractivity contribution in [2.75, 3.05) is 19.7 Å². The van der Waals surface area contributed by atoms with Gasteiger partial charge >= 0.3 is 0 Å². The molecule has 1 N–H and O–H groups in total. The highest BCUT2D eigenvalue weighted by atomic mass is 16.5. The molecule has 1 unspecified atom stereocenters. The Balaban J connectivity index is 1.85. The van der Waals surface area contributed by atoms with Crippen LogP contribution in [0, 0.1) is 0 Å². The summed E-state index contributed by atoms with van der Waals surface area (Å²) >= 11 is 0. The minimum absolute atomic E-state index is 0.506. The van der Waals surface area contributed by atoms with Crippen LogP contribution in [0.5, 0.6) is 11.5 Å². The summed E-state index contributed by atoms with van der Waals surface area (Å²) in [6, 6.07) is 16.5. The maximum atomic E-state index is 6.17. The standard InChI is InChI=1S/C19H23NO2/c1-2-21-18-10-6-9-17(16-11-12-20-13-16)19(18)22-14-15-7-4-3-5-8-15/h3-10,16,20H,2,11-14H2,1H3. The van der Waals surface area contributed by atoms with Gasteiger partial charge in [-0.1, -0.05) is 42.5 Å². The molecule has 0 amide bonds. The summed E-state index contributed by atoms with van der Waals surface area (Å²) in [6.45, 7) is 5.30. The van der Waals surface area contributed by atoms with Gasteiger partial charge in [0.05, 0.1) is 6.61 Å². The van der Waals surface area contributed by atoms with E-state index >= 15 is 0 Å². The van der Waals surface area contributed by atoms with Crippen molar-refractivity contribution in [3.8, 4) is 11.5 Å². The van der Waals surface area contributed by atoms with Gasteiger partial charge in [-0.15, -0.1) is 0 Å². The van der Waals surface area contributed by atoms with Crippen LogP contribution in [0.4, 0.5) is 0 Å². The van der Waals surface area contributed by atoms with E-state index < -0.39 is 0 Å². The first kappa shape index (κ1) is 14.9. The van der Waals surface area contributed by atoms with Crippen molar-refractivity contribution in [1.82, 2.24) is 5.32 Å². The van der Waals surface area contributed by atoms with Gasteiger partial charge in [0.2, 0.25) is 0 Å². The van der Waals surface area contributed by atoms with Crippen LogP contribution >= 0.6 is 0 Å².